The monoisotopic (exact) mass is 592 g/mol. The zero-order valence-electron chi connectivity index (χ0n) is 24.7. The third kappa shape index (κ3) is 6.26. The molecule has 7 nitrogen and oxygen atoms in total. The van der Waals surface area contributed by atoms with E-state index in [2.05, 4.69) is 9.88 Å². The second-order valence-corrected chi connectivity index (χ2v) is 11.1. The summed E-state index contributed by atoms with van der Waals surface area (Å²) in [5.41, 5.74) is 4.84. The lowest BCUT2D eigenvalue weighted by Crippen LogP contribution is -2.37. The highest BCUT2D eigenvalue weighted by Crippen LogP contribution is 2.32. The minimum absolute atomic E-state index is 0.125. The van der Waals surface area contributed by atoms with E-state index in [1.807, 2.05) is 37.3 Å². The molecule has 44 heavy (non-hydrogen) atoms. The van der Waals surface area contributed by atoms with Crippen molar-refractivity contribution in [3.63, 3.8) is 0 Å². The van der Waals surface area contributed by atoms with Gasteiger partial charge in [-0.25, -0.2) is 14.2 Å². The van der Waals surface area contributed by atoms with Crippen LogP contribution in [-0.4, -0.2) is 43.0 Å². The average molecular weight is 593 g/mol. The summed E-state index contributed by atoms with van der Waals surface area (Å²) in [4.78, 5) is 31.9. The second kappa shape index (κ2) is 12.8. The largest absolute Gasteiger partial charge is 0.465 e. The number of fused-ring (bicyclic) bond motifs is 1. The number of nitrogens with zero attached hydrogens (tertiary/aromatic N) is 2. The molecule has 1 aliphatic heterocycles. The van der Waals surface area contributed by atoms with Gasteiger partial charge in [-0.1, -0.05) is 42.5 Å². The number of hydrogen-bond donors (Lipinski definition) is 0. The van der Waals surface area contributed by atoms with Crippen LogP contribution in [0.2, 0.25) is 0 Å². The van der Waals surface area contributed by atoms with Crippen LogP contribution in [0.4, 0.5) is 10.2 Å². The highest BCUT2D eigenvalue weighted by molar-refractivity contribution is 6.02. The van der Waals surface area contributed by atoms with Crippen LogP contribution in [0.25, 0.3) is 22.1 Å². The Kier molecular flexibility index (Phi) is 8.52. The molecular weight excluding hydrogens is 559 g/mol. The molecule has 1 fully saturated rings. The smallest absolute Gasteiger partial charge is 0.337 e. The van der Waals surface area contributed by atoms with Crippen molar-refractivity contribution in [3.05, 3.63) is 119 Å². The van der Waals surface area contributed by atoms with Gasteiger partial charge in [-0.15, -0.1) is 0 Å². The van der Waals surface area contributed by atoms with Crippen molar-refractivity contribution < 1.29 is 27.9 Å². The van der Waals surface area contributed by atoms with Gasteiger partial charge in [-0.2, -0.15) is 0 Å². The topological polar surface area (TPSA) is 81.9 Å². The number of piperidine rings is 1. The third-order valence-electron chi connectivity index (χ3n) is 8.15. The summed E-state index contributed by atoms with van der Waals surface area (Å²) in [5, 5.41) is 0.796. The van der Waals surface area contributed by atoms with Crippen LogP contribution in [0.15, 0.2) is 89.5 Å². The first-order chi connectivity index (χ1) is 21.4. The molecule has 6 rings (SSSR count). The van der Waals surface area contributed by atoms with Crippen molar-refractivity contribution in [2.24, 2.45) is 0 Å². The highest BCUT2D eigenvalue weighted by Gasteiger charge is 2.22. The first-order valence-electron chi connectivity index (χ1n) is 14.7. The molecule has 224 valence electrons. The number of benzene rings is 3. The third-order valence-corrected chi connectivity index (χ3v) is 8.15. The number of methoxy groups -OCH3 is 1. The molecule has 0 amide bonds. The fraction of sp³-hybridized carbons (Fsp3) is 0.250. The van der Waals surface area contributed by atoms with Gasteiger partial charge in [0.1, 0.15) is 17.2 Å². The first-order valence-corrected chi connectivity index (χ1v) is 14.7. The molecule has 8 heteroatoms. The summed E-state index contributed by atoms with van der Waals surface area (Å²) in [6.07, 6.45) is 3.77. The summed E-state index contributed by atoms with van der Waals surface area (Å²) in [7, 11) is 1.37. The maximum Gasteiger partial charge on any atom is 0.337 e. The first kappa shape index (κ1) is 29.3. The van der Waals surface area contributed by atoms with Gasteiger partial charge < -0.3 is 18.8 Å². The number of furan rings is 1. The number of hydrogen-bond acceptors (Lipinski definition) is 7. The molecular formula is C36H33FN2O5. The number of ether oxygens (including phenoxy) is 2. The predicted molar refractivity (Wildman–Crippen MR) is 166 cm³/mol. The molecule has 0 unspecified atom stereocenters. The molecule has 0 atom stereocenters. The maximum absolute atomic E-state index is 14.3. The van der Waals surface area contributed by atoms with E-state index in [9.17, 15) is 14.0 Å². The summed E-state index contributed by atoms with van der Waals surface area (Å²) >= 11 is 0. The van der Waals surface area contributed by atoms with Gasteiger partial charge in [0, 0.05) is 42.2 Å². The SMILES string of the molecule is COC(=O)c1cccc(COC2CCN(c3ccc(CC(=O)c4oc5ccc(-c6ccccc6F)cc5c4C)cn3)CC2)c1. The predicted octanol–water partition coefficient (Wildman–Crippen LogP) is 7.34. The fourth-order valence-electron chi connectivity index (χ4n) is 5.70. The standard InChI is InChI=1S/C36H33FN2O5/c1-23-30-20-26(29-8-3-4-9-31(29)37)11-12-33(30)44-35(23)32(40)19-24-10-13-34(38-21-24)39-16-14-28(15-17-39)43-22-25-6-5-7-27(18-25)36(41)42-2/h3-13,18,20-21,28H,14-17,19,22H2,1-2H3. The molecule has 3 heterocycles. The molecule has 0 radical (unpaired) electrons. The number of anilines is 1. The number of rotatable bonds is 9. The normalized spacial score (nSPS) is 13.8. The van der Waals surface area contributed by atoms with Gasteiger partial charge in [0.15, 0.2) is 5.76 Å². The molecule has 0 saturated carbocycles. The maximum atomic E-state index is 14.3. The zero-order chi connectivity index (χ0) is 30.6. The Bertz CT molecular complexity index is 1810. The Labute approximate surface area is 255 Å². The number of esters is 1. The molecule has 3 aromatic carbocycles. The lowest BCUT2D eigenvalue weighted by molar-refractivity contribution is 0.0250. The van der Waals surface area contributed by atoms with Crippen molar-refractivity contribution >= 4 is 28.5 Å². The Morgan fingerprint density at radius 2 is 1.80 bits per heavy atom. The summed E-state index contributed by atoms with van der Waals surface area (Å²) in [6, 6.07) is 23.3. The summed E-state index contributed by atoms with van der Waals surface area (Å²) in [6.45, 7) is 3.92. The van der Waals surface area contributed by atoms with E-state index in [4.69, 9.17) is 13.9 Å². The molecule has 1 saturated heterocycles. The molecule has 2 aromatic heterocycles. The van der Waals surface area contributed by atoms with Crippen LogP contribution in [0.3, 0.4) is 0 Å². The zero-order valence-corrected chi connectivity index (χ0v) is 24.7. The van der Waals surface area contributed by atoms with Crippen LogP contribution >= 0.6 is 0 Å². The molecule has 5 aromatic rings. The fourth-order valence-corrected chi connectivity index (χ4v) is 5.70. The van der Waals surface area contributed by atoms with Crippen molar-refractivity contribution in [1.82, 2.24) is 4.98 Å². The van der Waals surface area contributed by atoms with Crippen LogP contribution in [0.5, 0.6) is 0 Å². The van der Waals surface area contributed by atoms with E-state index < -0.39 is 0 Å². The van der Waals surface area contributed by atoms with E-state index in [0.29, 0.717) is 29.1 Å². The van der Waals surface area contributed by atoms with Gasteiger partial charge in [0.25, 0.3) is 0 Å². The molecule has 0 N–H and O–H groups in total. The Hall–Kier alpha value is -4.82. The molecule has 0 aliphatic carbocycles. The summed E-state index contributed by atoms with van der Waals surface area (Å²) < 4.78 is 31.2. The van der Waals surface area contributed by atoms with Gasteiger partial charge in [-0.3, -0.25) is 4.79 Å². The number of Topliss-reactive ketones (excluding diaryl/α,β-unsaturated/α-hetero) is 1. The van der Waals surface area contributed by atoms with Crippen molar-refractivity contribution in [3.8, 4) is 11.1 Å². The molecule has 0 spiro atoms. The minimum Gasteiger partial charge on any atom is -0.465 e. The quantitative estimate of drug-likeness (QED) is 0.131. The van der Waals surface area contributed by atoms with Gasteiger partial charge in [0.2, 0.25) is 5.78 Å². The van der Waals surface area contributed by atoms with Crippen LogP contribution in [-0.2, 0) is 22.5 Å². The number of ketones is 1. The second-order valence-electron chi connectivity index (χ2n) is 11.1. The average Bonchev–Trinajstić information content (AvgIpc) is 3.40. The van der Waals surface area contributed by atoms with E-state index in [0.717, 1.165) is 59.4 Å². The lowest BCUT2D eigenvalue weighted by Gasteiger charge is -2.32. The number of aromatic nitrogens is 1. The number of carbonyl (C=O) groups excluding carboxylic acids is 2. The van der Waals surface area contributed by atoms with Gasteiger partial charge in [-0.05, 0) is 72.9 Å². The number of aryl methyl sites for hydroxylation is 1. The van der Waals surface area contributed by atoms with Crippen LogP contribution in [0, 0.1) is 12.7 Å². The van der Waals surface area contributed by atoms with Crippen molar-refractivity contribution in [2.45, 2.75) is 38.9 Å². The minimum atomic E-state index is -0.357. The lowest BCUT2D eigenvalue weighted by atomic mass is 10.0. The number of halogens is 1. The molecule has 0 bridgehead atoms. The molecule has 1 aliphatic rings. The highest BCUT2D eigenvalue weighted by atomic mass is 19.1. The van der Waals surface area contributed by atoms with E-state index >= 15 is 0 Å². The Morgan fingerprint density at radius 1 is 0.977 bits per heavy atom. The van der Waals surface area contributed by atoms with Crippen LogP contribution in [0.1, 0.15) is 50.4 Å². The van der Waals surface area contributed by atoms with Crippen molar-refractivity contribution in [2.75, 3.05) is 25.1 Å². The van der Waals surface area contributed by atoms with Gasteiger partial charge in [0.05, 0.1) is 25.4 Å². The number of carbonyl (C=O) groups is 2. The summed E-state index contributed by atoms with van der Waals surface area (Å²) in [5.74, 6) is 0.400. The van der Waals surface area contributed by atoms with Crippen LogP contribution < -0.4 is 4.90 Å². The Balaban J connectivity index is 1.04. The van der Waals surface area contributed by atoms with Gasteiger partial charge >= 0.3 is 5.97 Å². The van der Waals surface area contributed by atoms with E-state index in [1.165, 1.54) is 13.2 Å². The van der Waals surface area contributed by atoms with E-state index in [1.54, 1.807) is 48.7 Å². The Morgan fingerprint density at radius 3 is 2.55 bits per heavy atom. The van der Waals surface area contributed by atoms with Crippen molar-refractivity contribution in [1.29, 1.82) is 0 Å². The van der Waals surface area contributed by atoms with E-state index in [-0.39, 0.29) is 30.1 Å². The number of pyridine rings is 1.